The first-order valence-electron chi connectivity index (χ1n) is 9.83. The Bertz CT molecular complexity index is 1010. The van der Waals surface area contributed by atoms with E-state index < -0.39 is 12.6 Å². The first kappa shape index (κ1) is 20.2. The van der Waals surface area contributed by atoms with Gasteiger partial charge in [0.05, 0.1) is 23.5 Å². The van der Waals surface area contributed by atoms with Crippen LogP contribution < -0.4 is 0 Å². The van der Waals surface area contributed by atoms with Gasteiger partial charge in [0.25, 0.3) is 0 Å². The van der Waals surface area contributed by atoms with Crippen LogP contribution in [0.4, 0.5) is 13.2 Å². The average molecular weight is 422 g/mol. The minimum absolute atomic E-state index is 0.112. The Hall–Kier alpha value is -2.05. The van der Waals surface area contributed by atoms with Crippen molar-refractivity contribution in [2.24, 2.45) is 0 Å². The van der Waals surface area contributed by atoms with E-state index in [0.717, 1.165) is 53.8 Å². The van der Waals surface area contributed by atoms with Crippen LogP contribution in [0, 0.1) is 6.92 Å². The van der Waals surface area contributed by atoms with E-state index in [1.54, 1.807) is 12.1 Å². The van der Waals surface area contributed by atoms with Crippen LogP contribution >= 0.6 is 11.6 Å². The van der Waals surface area contributed by atoms with E-state index in [9.17, 15) is 13.2 Å². The summed E-state index contributed by atoms with van der Waals surface area (Å²) in [6.45, 7) is 3.50. The number of alkyl halides is 3. The third kappa shape index (κ3) is 4.75. The van der Waals surface area contributed by atoms with Crippen molar-refractivity contribution in [1.82, 2.24) is 14.9 Å². The Morgan fingerprint density at radius 2 is 1.97 bits per heavy atom. The molecular formula is C22H23ClF3N3. The first-order chi connectivity index (χ1) is 13.8. The molecule has 29 heavy (non-hydrogen) atoms. The smallest absolute Gasteiger partial charge is 0.340 e. The minimum atomic E-state index is -4.19. The molecule has 1 atom stereocenters. The van der Waals surface area contributed by atoms with Crippen molar-refractivity contribution in [1.29, 1.82) is 0 Å². The van der Waals surface area contributed by atoms with Crippen LogP contribution in [0.15, 0.2) is 36.4 Å². The zero-order valence-electron chi connectivity index (χ0n) is 16.2. The SMILES string of the molecule is Cc1cc(Cl)cc2nc(C3CCCCN3Cc3cccc(CC(F)(F)F)c3)[nH]c12. The third-order valence-electron chi connectivity index (χ3n) is 5.48. The number of H-pyrrole nitrogens is 1. The number of hydrogen-bond donors (Lipinski definition) is 1. The van der Waals surface area contributed by atoms with Gasteiger partial charge in [0.1, 0.15) is 5.82 Å². The predicted molar refractivity (Wildman–Crippen MR) is 109 cm³/mol. The molecule has 1 aliphatic rings. The van der Waals surface area contributed by atoms with Crippen LogP contribution in [0.1, 0.15) is 47.8 Å². The van der Waals surface area contributed by atoms with Gasteiger partial charge in [-0.2, -0.15) is 13.2 Å². The highest BCUT2D eigenvalue weighted by Crippen LogP contribution is 2.33. The van der Waals surface area contributed by atoms with E-state index in [2.05, 4.69) is 9.88 Å². The number of nitrogens with zero attached hydrogens (tertiary/aromatic N) is 2. The van der Waals surface area contributed by atoms with Gasteiger partial charge in [-0.25, -0.2) is 4.98 Å². The van der Waals surface area contributed by atoms with Crippen molar-refractivity contribution < 1.29 is 13.2 Å². The van der Waals surface area contributed by atoms with Crippen LogP contribution in [0.25, 0.3) is 11.0 Å². The van der Waals surface area contributed by atoms with Gasteiger partial charge >= 0.3 is 6.18 Å². The number of imidazole rings is 1. The number of piperidine rings is 1. The average Bonchev–Trinajstić information content (AvgIpc) is 3.05. The Morgan fingerprint density at radius 3 is 2.76 bits per heavy atom. The van der Waals surface area contributed by atoms with E-state index in [1.807, 2.05) is 25.1 Å². The number of aryl methyl sites for hydroxylation is 1. The summed E-state index contributed by atoms with van der Waals surface area (Å²) >= 11 is 6.17. The maximum atomic E-state index is 12.7. The van der Waals surface area contributed by atoms with E-state index in [4.69, 9.17) is 16.6 Å². The second-order valence-corrected chi connectivity index (χ2v) is 8.27. The van der Waals surface area contributed by atoms with Crippen LogP contribution in [0.3, 0.4) is 0 Å². The summed E-state index contributed by atoms with van der Waals surface area (Å²) in [4.78, 5) is 10.6. The van der Waals surface area contributed by atoms with Gasteiger partial charge < -0.3 is 4.98 Å². The molecule has 1 aliphatic heterocycles. The largest absolute Gasteiger partial charge is 0.393 e. The molecule has 2 heterocycles. The molecular weight excluding hydrogens is 399 g/mol. The lowest BCUT2D eigenvalue weighted by Gasteiger charge is -2.34. The summed E-state index contributed by atoms with van der Waals surface area (Å²) in [6.07, 6.45) is -1.95. The first-order valence-corrected chi connectivity index (χ1v) is 10.2. The second-order valence-electron chi connectivity index (χ2n) is 7.83. The van der Waals surface area contributed by atoms with Crippen molar-refractivity contribution in [2.45, 2.75) is 51.4 Å². The van der Waals surface area contributed by atoms with Crippen LogP contribution in [-0.4, -0.2) is 27.6 Å². The Balaban J connectivity index is 1.59. The zero-order chi connectivity index (χ0) is 20.6. The summed E-state index contributed by atoms with van der Waals surface area (Å²) < 4.78 is 38.2. The molecule has 1 unspecified atom stereocenters. The third-order valence-corrected chi connectivity index (χ3v) is 5.70. The van der Waals surface area contributed by atoms with Crippen LogP contribution in [-0.2, 0) is 13.0 Å². The summed E-state index contributed by atoms with van der Waals surface area (Å²) in [6, 6.07) is 10.7. The van der Waals surface area contributed by atoms with E-state index in [0.29, 0.717) is 17.1 Å². The number of hydrogen-bond acceptors (Lipinski definition) is 2. The number of rotatable bonds is 4. The normalized spacial score (nSPS) is 18.4. The maximum absolute atomic E-state index is 12.7. The summed E-state index contributed by atoms with van der Waals surface area (Å²) in [5.74, 6) is 0.900. The van der Waals surface area contributed by atoms with Gasteiger partial charge in [0, 0.05) is 11.6 Å². The molecule has 0 saturated carbocycles. The summed E-state index contributed by atoms with van der Waals surface area (Å²) in [7, 11) is 0. The van der Waals surface area contributed by atoms with Crippen molar-refractivity contribution >= 4 is 22.6 Å². The summed E-state index contributed by atoms with van der Waals surface area (Å²) in [5, 5.41) is 0.662. The predicted octanol–water partition coefficient (Wildman–Crippen LogP) is 6.36. The topological polar surface area (TPSA) is 31.9 Å². The highest BCUT2D eigenvalue weighted by Gasteiger charge is 2.29. The van der Waals surface area contributed by atoms with Crippen molar-refractivity contribution in [2.75, 3.05) is 6.54 Å². The molecule has 0 amide bonds. The minimum Gasteiger partial charge on any atom is -0.340 e. The standard InChI is InChI=1S/C22H23ClF3N3/c1-14-9-17(23)11-18-20(14)28-21(27-18)19-7-2-3-8-29(19)13-16-6-4-5-15(10-16)12-22(24,25)26/h4-6,9-11,19H,2-3,7-8,12-13H2,1H3,(H,27,28). The number of aromatic amines is 1. The number of fused-ring (bicyclic) bond motifs is 1. The highest BCUT2D eigenvalue weighted by molar-refractivity contribution is 6.31. The molecule has 2 aromatic carbocycles. The van der Waals surface area contributed by atoms with Gasteiger partial charge in [0.15, 0.2) is 0 Å². The monoisotopic (exact) mass is 421 g/mol. The Labute approximate surface area is 172 Å². The van der Waals surface area contributed by atoms with Crippen LogP contribution in [0.2, 0.25) is 5.02 Å². The van der Waals surface area contributed by atoms with E-state index in [1.165, 1.54) is 6.07 Å². The number of benzene rings is 2. The van der Waals surface area contributed by atoms with E-state index in [-0.39, 0.29) is 6.04 Å². The lowest BCUT2D eigenvalue weighted by Crippen LogP contribution is -2.33. The molecule has 3 aromatic rings. The second kappa shape index (κ2) is 8.00. The molecule has 4 rings (SSSR count). The fraction of sp³-hybridized carbons (Fsp3) is 0.409. The molecule has 0 bridgehead atoms. The molecule has 1 fully saturated rings. The van der Waals surface area contributed by atoms with Gasteiger partial charge in [0.2, 0.25) is 0 Å². The van der Waals surface area contributed by atoms with Crippen LogP contribution in [0.5, 0.6) is 0 Å². The van der Waals surface area contributed by atoms with Gasteiger partial charge in [-0.1, -0.05) is 42.3 Å². The lowest BCUT2D eigenvalue weighted by atomic mass is 10.00. The molecule has 7 heteroatoms. The number of aromatic nitrogens is 2. The maximum Gasteiger partial charge on any atom is 0.393 e. The Kier molecular flexibility index (Phi) is 5.58. The molecule has 1 saturated heterocycles. The van der Waals surface area contributed by atoms with E-state index >= 15 is 0 Å². The number of likely N-dealkylation sites (tertiary alicyclic amines) is 1. The number of halogens is 4. The highest BCUT2D eigenvalue weighted by atomic mass is 35.5. The molecule has 0 radical (unpaired) electrons. The molecule has 0 aliphatic carbocycles. The zero-order valence-corrected chi connectivity index (χ0v) is 16.9. The van der Waals surface area contributed by atoms with Gasteiger partial charge in [-0.3, -0.25) is 4.90 Å². The van der Waals surface area contributed by atoms with Crippen molar-refractivity contribution in [3.05, 3.63) is 63.9 Å². The molecule has 154 valence electrons. The molecule has 1 N–H and O–H groups in total. The van der Waals surface area contributed by atoms with Crippen molar-refractivity contribution in [3.8, 4) is 0 Å². The Morgan fingerprint density at radius 1 is 1.17 bits per heavy atom. The number of nitrogens with one attached hydrogen (secondary N) is 1. The fourth-order valence-corrected chi connectivity index (χ4v) is 4.48. The summed E-state index contributed by atoms with van der Waals surface area (Å²) in [5.41, 5.74) is 4.09. The van der Waals surface area contributed by atoms with Gasteiger partial charge in [-0.15, -0.1) is 0 Å². The quantitative estimate of drug-likeness (QED) is 0.531. The molecule has 1 aromatic heterocycles. The van der Waals surface area contributed by atoms with Crippen molar-refractivity contribution in [3.63, 3.8) is 0 Å². The molecule has 3 nitrogen and oxygen atoms in total. The molecule has 0 spiro atoms. The van der Waals surface area contributed by atoms with Gasteiger partial charge in [-0.05, 0) is 55.1 Å². The lowest BCUT2D eigenvalue weighted by molar-refractivity contribution is -0.127. The fourth-order valence-electron chi connectivity index (χ4n) is 4.21.